The van der Waals surface area contributed by atoms with Crippen molar-refractivity contribution in [2.24, 2.45) is 0 Å². The number of carbonyl (C=O) groups is 1. The van der Waals surface area contributed by atoms with Gasteiger partial charge in [-0.3, -0.25) is 10.1 Å². The van der Waals surface area contributed by atoms with Crippen LogP contribution in [-0.2, 0) is 44.1 Å². The summed E-state index contributed by atoms with van der Waals surface area (Å²) in [5.41, 5.74) is 0.940. The van der Waals surface area contributed by atoms with Crippen molar-refractivity contribution in [3.63, 3.8) is 0 Å². The second kappa shape index (κ2) is 7.72. The van der Waals surface area contributed by atoms with Crippen molar-refractivity contribution in [3.05, 3.63) is 40.5 Å². The molecule has 1 amide bonds. The van der Waals surface area contributed by atoms with Gasteiger partial charge in [0.25, 0.3) is 0 Å². The van der Waals surface area contributed by atoms with Crippen molar-refractivity contribution < 1.29 is 51.0 Å². The van der Waals surface area contributed by atoms with E-state index in [2.05, 4.69) is 21.6 Å². The van der Waals surface area contributed by atoms with Crippen molar-refractivity contribution in [2.45, 2.75) is 20.5 Å². The summed E-state index contributed by atoms with van der Waals surface area (Å²) in [6, 6.07) is 4.02. The first-order chi connectivity index (χ1) is 9.51. The minimum absolute atomic E-state index is 0. The summed E-state index contributed by atoms with van der Waals surface area (Å²) in [7, 11) is 1.48. The van der Waals surface area contributed by atoms with E-state index in [9.17, 15) is 9.18 Å². The monoisotopic (exact) mass is 367 g/mol. The summed E-state index contributed by atoms with van der Waals surface area (Å²) in [5.74, 6) is -1.06. The van der Waals surface area contributed by atoms with Crippen LogP contribution in [-0.4, -0.2) is 23.2 Å². The number of amides is 1. The molecule has 0 atom stereocenters. The maximum absolute atomic E-state index is 13.8. The topological polar surface area (TPSA) is 77.3 Å². The van der Waals surface area contributed by atoms with E-state index in [0.29, 0.717) is 11.1 Å². The fourth-order valence-electron chi connectivity index (χ4n) is 1.76. The Morgan fingerprint density at radius 3 is 2.81 bits per heavy atom. The summed E-state index contributed by atoms with van der Waals surface area (Å²) < 4.78 is 23.7. The van der Waals surface area contributed by atoms with Crippen molar-refractivity contribution in [1.82, 2.24) is 10.2 Å². The molecule has 0 spiro atoms. The van der Waals surface area contributed by atoms with Crippen molar-refractivity contribution in [3.8, 4) is 0 Å². The van der Waals surface area contributed by atoms with Crippen molar-refractivity contribution in [1.29, 1.82) is 0 Å². The maximum atomic E-state index is 13.8. The van der Waals surface area contributed by atoms with Crippen LogP contribution in [0.1, 0.15) is 27.4 Å². The molecule has 0 fully saturated rings. The van der Waals surface area contributed by atoms with Gasteiger partial charge in [-0.25, -0.2) is 4.39 Å². The number of aromatic nitrogens is 2. The number of rotatable bonds is 4. The maximum Gasteiger partial charge on any atom is 0.321 e. The Hall–Kier alpha value is -1.18. The van der Waals surface area contributed by atoms with E-state index in [1.807, 2.05) is 0 Å². The third-order valence-corrected chi connectivity index (χ3v) is 2.52. The van der Waals surface area contributed by atoms with Gasteiger partial charge in [0.05, 0.1) is 0 Å². The predicted molar refractivity (Wildman–Crippen MR) is 67.7 cm³/mol. The van der Waals surface area contributed by atoms with Gasteiger partial charge in [-0.2, -0.15) is 11.6 Å². The summed E-state index contributed by atoms with van der Waals surface area (Å²) >= 11 is 0. The number of nitrogens with one attached hydrogen (secondary N) is 1. The van der Waals surface area contributed by atoms with Crippen LogP contribution >= 0.6 is 0 Å². The molecule has 0 aliphatic rings. The number of anilines is 1. The molecule has 6 nitrogen and oxygen atoms in total. The number of hydrogen-bond donors (Lipinski definition) is 1. The standard InChI is InChI=1S/C13H13FN3O3.Y/c1-7-4-8(2)11(9(14)5-7)12(18)15-13-17-16-10(20-13)6-19-3;/h5H,6H2,1-3H3,(H,15,17,18);/q-1;. The zero-order valence-electron chi connectivity index (χ0n) is 11.9. The molecule has 0 unspecified atom stereocenters. The largest absolute Gasteiger partial charge is 0.405 e. The van der Waals surface area contributed by atoms with Crippen LogP contribution in [0.4, 0.5) is 10.4 Å². The molecule has 1 radical (unpaired) electrons. The minimum Gasteiger partial charge on any atom is -0.405 e. The van der Waals surface area contributed by atoms with Crippen LogP contribution < -0.4 is 5.32 Å². The van der Waals surface area contributed by atoms with E-state index < -0.39 is 11.7 Å². The zero-order valence-corrected chi connectivity index (χ0v) is 14.7. The van der Waals surface area contributed by atoms with Gasteiger partial charge in [0.1, 0.15) is 6.61 Å². The quantitative estimate of drug-likeness (QED) is 0.837. The molecule has 1 aromatic heterocycles. The number of ether oxygens (including phenoxy) is 1. The van der Waals surface area contributed by atoms with Gasteiger partial charge >= 0.3 is 6.01 Å². The second-order valence-electron chi connectivity index (χ2n) is 4.19. The Labute approximate surface area is 146 Å². The Morgan fingerprint density at radius 1 is 1.48 bits per heavy atom. The Kier molecular flexibility index (Phi) is 6.57. The van der Waals surface area contributed by atoms with E-state index in [4.69, 9.17) is 9.15 Å². The smallest absolute Gasteiger partial charge is 0.321 e. The first-order valence-electron chi connectivity index (χ1n) is 5.83. The van der Waals surface area contributed by atoms with Gasteiger partial charge in [-0.15, -0.1) is 16.7 Å². The Balaban J connectivity index is 0.00000220. The number of hydrogen-bond acceptors (Lipinski definition) is 5. The average molecular weight is 367 g/mol. The summed E-state index contributed by atoms with van der Waals surface area (Å²) in [6.45, 7) is 3.44. The number of methoxy groups -OCH3 is 1. The molecule has 8 heteroatoms. The molecule has 0 aliphatic carbocycles. The fourth-order valence-corrected chi connectivity index (χ4v) is 1.76. The SMILES string of the molecule is COCc1nnc(NC(=O)c2c(C)[c-]c(C)cc2F)o1.[Y]. The van der Waals surface area contributed by atoms with Crippen LogP contribution in [0.2, 0.25) is 0 Å². The van der Waals surface area contributed by atoms with Crippen LogP contribution in [0.15, 0.2) is 10.5 Å². The molecule has 0 aliphatic heterocycles. The molecular formula is C13H13FN3O3Y-. The summed E-state index contributed by atoms with van der Waals surface area (Å²) in [6.07, 6.45) is 0. The first kappa shape index (κ1) is 17.9. The molecule has 2 rings (SSSR count). The van der Waals surface area contributed by atoms with Gasteiger partial charge < -0.3 is 9.15 Å². The molecule has 0 saturated heterocycles. The summed E-state index contributed by atoms with van der Waals surface area (Å²) in [5, 5.41) is 9.61. The van der Waals surface area contributed by atoms with E-state index in [-0.39, 0.29) is 56.8 Å². The molecule has 1 heterocycles. The second-order valence-corrected chi connectivity index (χ2v) is 4.19. The molecule has 1 N–H and O–H groups in total. The Bertz CT molecular complexity index is 622. The molecular weight excluding hydrogens is 354 g/mol. The number of nitrogens with zero attached hydrogens (tertiary/aromatic N) is 2. The average Bonchev–Trinajstić information content (AvgIpc) is 2.75. The van der Waals surface area contributed by atoms with Gasteiger partial charge in [-0.1, -0.05) is 18.9 Å². The molecule has 2 aromatic rings. The molecule has 109 valence electrons. The Morgan fingerprint density at radius 2 is 2.19 bits per heavy atom. The zero-order chi connectivity index (χ0) is 14.7. The fraction of sp³-hybridized carbons (Fsp3) is 0.308. The first-order valence-corrected chi connectivity index (χ1v) is 5.83. The van der Waals surface area contributed by atoms with E-state index >= 15 is 0 Å². The van der Waals surface area contributed by atoms with E-state index in [0.717, 1.165) is 0 Å². The van der Waals surface area contributed by atoms with Crippen LogP contribution in [0, 0.1) is 25.7 Å². The van der Waals surface area contributed by atoms with Crippen molar-refractivity contribution >= 4 is 11.9 Å². The summed E-state index contributed by atoms with van der Waals surface area (Å²) in [4.78, 5) is 12.0. The minimum atomic E-state index is -0.663. The molecule has 0 bridgehead atoms. The number of halogens is 1. The van der Waals surface area contributed by atoms with Crippen LogP contribution in [0.25, 0.3) is 0 Å². The third-order valence-electron chi connectivity index (χ3n) is 2.52. The molecule has 0 saturated carbocycles. The third kappa shape index (κ3) is 4.39. The van der Waals surface area contributed by atoms with E-state index in [1.165, 1.54) is 13.2 Å². The van der Waals surface area contributed by atoms with Gasteiger partial charge in [0.15, 0.2) is 0 Å². The van der Waals surface area contributed by atoms with Gasteiger partial charge in [0.2, 0.25) is 11.8 Å². The molecule has 21 heavy (non-hydrogen) atoms. The van der Waals surface area contributed by atoms with Crippen LogP contribution in [0.3, 0.4) is 0 Å². The van der Waals surface area contributed by atoms with Crippen LogP contribution in [0.5, 0.6) is 0 Å². The number of benzene rings is 1. The van der Waals surface area contributed by atoms with E-state index in [1.54, 1.807) is 13.8 Å². The number of carbonyl (C=O) groups excluding carboxylic acids is 1. The van der Waals surface area contributed by atoms with Gasteiger partial charge in [0, 0.05) is 45.6 Å². The normalized spacial score (nSPS) is 10.1. The van der Waals surface area contributed by atoms with Crippen molar-refractivity contribution in [2.75, 3.05) is 12.4 Å². The molecule has 1 aromatic carbocycles. The van der Waals surface area contributed by atoms with Gasteiger partial charge in [-0.05, 0) is 5.56 Å². The number of aryl methyl sites for hydroxylation is 2. The predicted octanol–water partition coefficient (Wildman–Crippen LogP) is 2.02.